The number of ether oxygens (including phenoxy) is 1. The van der Waals surface area contributed by atoms with Crippen molar-refractivity contribution in [2.24, 2.45) is 5.92 Å². The van der Waals surface area contributed by atoms with E-state index in [1.54, 1.807) is 7.11 Å². The SMILES string of the molecule is COCC(C)CC(=O)NC1(C(=O)O)CCCCC1. The van der Waals surface area contributed by atoms with E-state index in [0.29, 0.717) is 25.9 Å². The molecular formula is C13H23NO4. The number of methoxy groups -OCH3 is 1. The molecule has 0 spiro atoms. The topological polar surface area (TPSA) is 75.6 Å². The quantitative estimate of drug-likeness (QED) is 0.757. The van der Waals surface area contributed by atoms with Gasteiger partial charge in [0.05, 0.1) is 0 Å². The first-order valence-corrected chi connectivity index (χ1v) is 6.53. The van der Waals surface area contributed by atoms with Crippen LogP contribution in [-0.2, 0) is 14.3 Å². The predicted molar refractivity (Wildman–Crippen MR) is 67.3 cm³/mol. The number of carbonyl (C=O) groups excluding carboxylic acids is 1. The number of amides is 1. The zero-order valence-electron chi connectivity index (χ0n) is 11.2. The van der Waals surface area contributed by atoms with Gasteiger partial charge in [-0.15, -0.1) is 0 Å². The first kappa shape index (κ1) is 15.0. The first-order chi connectivity index (χ1) is 8.50. The summed E-state index contributed by atoms with van der Waals surface area (Å²) in [5, 5.41) is 12.1. The van der Waals surface area contributed by atoms with Gasteiger partial charge < -0.3 is 15.2 Å². The molecule has 1 unspecified atom stereocenters. The van der Waals surface area contributed by atoms with Crippen LogP contribution in [0.3, 0.4) is 0 Å². The molecule has 0 aliphatic heterocycles. The van der Waals surface area contributed by atoms with E-state index in [0.717, 1.165) is 19.3 Å². The lowest BCUT2D eigenvalue weighted by molar-refractivity contribution is -0.149. The molecule has 5 heteroatoms. The largest absolute Gasteiger partial charge is 0.480 e. The molecule has 0 radical (unpaired) electrons. The Hall–Kier alpha value is -1.10. The Morgan fingerprint density at radius 3 is 2.44 bits per heavy atom. The summed E-state index contributed by atoms with van der Waals surface area (Å²) in [6, 6.07) is 0. The van der Waals surface area contributed by atoms with Crippen molar-refractivity contribution in [3.05, 3.63) is 0 Å². The maximum atomic E-state index is 11.9. The van der Waals surface area contributed by atoms with Crippen LogP contribution in [0.2, 0.25) is 0 Å². The predicted octanol–water partition coefficient (Wildman–Crippen LogP) is 1.56. The van der Waals surface area contributed by atoms with Gasteiger partial charge in [0.15, 0.2) is 0 Å². The monoisotopic (exact) mass is 257 g/mol. The van der Waals surface area contributed by atoms with E-state index in [2.05, 4.69) is 5.32 Å². The first-order valence-electron chi connectivity index (χ1n) is 6.53. The molecule has 0 heterocycles. The molecule has 18 heavy (non-hydrogen) atoms. The summed E-state index contributed by atoms with van der Waals surface area (Å²) in [5.41, 5.74) is -1.04. The Kier molecular flexibility index (Phi) is 5.59. The normalized spacial score (nSPS) is 20.1. The van der Waals surface area contributed by atoms with Gasteiger partial charge in [0.25, 0.3) is 0 Å². The van der Waals surface area contributed by atoms with Gasteiger partial charge in [-0.25, -0.2) is 4.79 Å². The second-order valence-electron chi connectivity index (χ2n) is 5.26. The lowest BCUT2D eigenvalue weighted by Gasteiger charge is -2.34. The standard InChI is InChI=1S/C13H23NO4/c1-10(9-18-2)8-11(15)14-13(12(16)17)6-4-3-5-7-13/h10H,3-9H2,1-2H3,(H,14,15)(H,16,17). The minimum absolute atomic E-state index is 0.101. The molecule has 0 bridgehead atoms. The van der Waals surface area contributed by atoms with Crippen LogP contribution in [0.25, 0.3) is 0 Å². The van der Waals surface area contributed by atoms with Crippen LogP contribution in [0.4, 0.5) is 0 Å². The van der Waals surface area contributed by atoms with E-state index in [9.17, 15) is 14.7 Å². The molecule has 0 aromatic rings. The number of nitrogens with one attached hydrogen (secondary N) is 1. The zero-order valence-corrected chi connectivity index (χ0v) is 11.2. The highest BCUT2D eigenvalue weighted by Crippen LogP contribution is 2.28. The third-order valence-electron chi connectivity index (χ3n) is 3.48. The summed E-state index contributed by atoms with van der Waals surface area (Å²) in [6.45, 7) is 2.42. The van der Waals surface area contributed by atoms with Gasteiger partial charge in [0.2, 0.25) is 5.91 Å². The van der Waals surface area contributed by atoms with Crippen LogP contribution in [-0.4, -0.2) is 36.2 Å². The maximum absolute atomic E-state index is 11.9. The molecule has 0 saturated heterocycles. The number of hydrogen-bond acceptors (Lipinski definition) is 3. The van der Waals surface area contributed by atoms with Crippen LogP contribution >= 0.6 is 0 Å². The summed E-state index contributed by atoms with van der Waals surface area (Å²) in [4.78, 5) is 23.3. The van der Waals surface area contributed by atoms with E-state index in [-0.39, 0.29) is 11.8 Å². The van der Waals surface area contributed by atoms with Gasteiger partial charge in [-0.2, -0.15) is 0 Å². The number of carboxylic acid groups (broad SMARTS) is 1. The molecule has 1 atom stereocenters. The Labute approximate surface area is 108 Å². The fourth-order valence-corrected chi connectivity index (χ4v) is 2.53. The van der Waals surface area contributed by atoms with E-state index < -0.39 is 11.5 Å². The third kappa shape index (κ3) is 3.98. The van der Waals surface area contributed by atoms with E-state index >= 15 is 0 Å². The molecule has 1 fully saturated rings. The maximum Gasteiger partial charge on any atom is 0.329 e. The number of carboxylic acids is 1. The second-order valence-corrected chi connectivity index (χ2v) is 5.26. The summed E-state index contributed by atoms with van der Waals surface area (Å²) < 4.78 is 4.97. The molecule has 1 aliphatic rings. The Morgan fingerprint density at radius 2 is 1.94 bits per heavy atom. The van der Waals surface area contributed by atoms with Crippen LogP contribution in [0.5, 0.6) is 0 Å². The van der Waals surface area contributed by atoms with Crippen molar-refractivity contribution >= 4 is 11.9 Å². The summed E-state index contributed by atoms with van der Waals surface area (Å²) in [5.74, 6) is -0.997. The smallest absolute Gasteiger partial charge is 0.329 e. The fraction of sp³-hybridized carbons (Fsp3) is 0.846. The molecule has 1 rings (SSSR count). The summed E-state index contributed by atoms with van der Waals surface area (Å²) >= 11 is 0. The van der Waals surface area contributed by atoms with E-state index in [1.807, 2.05) is 6.92 Å². The van der Waals surface area contributed by atoms with Gasteiger partial charge in [-0.05, 0) is 18.8 Å². The van der Waals surface area contributed by atoms with Gasteiger partial charge in [0.1, 0.15) is 5.54 Å². The van der Waals surface area contributed by atoms with Crippen molar-refractivity contribution < 1.29 is 19.4 Å². The minimum atomic E-state index is -1.04. The van der Waals surface area contributed by atoms with Gasteiger partial charge in [-0.1, -0.05) is 26.2 Å². The molecule has 1 aliphatic carbocycles. The lowest BCUT2D eigenvalue weighted by atomic mass is 9.81. The van der Waals surface area contributed by atoms with Crippen molar-refractivity contribution in [2.45, 2.75) is 51.0 Å². The molecule has 104 valence electrons. The summed E-state index contributed by atoms with van der Waals surface area (Å²) in [6.07, 6.45) is 4.15. The number of carbonyl (C=O) groups is 2. The van der Waals surface area contributed by atoms with Gasteiger partial charge >= 0.3 is 5.97 Å². The Balaban J connectivity index is 2.55. The second kappa shape index (κ2) is 6.73. The Morgan fingerprint density at radius 1 is 1.33 bits per heavy atom. The minimum Gasteiger partial charge on any atom is -0.480 e. The number of rotatable bonds is 6. The van der Waals surface area contributed by atoms with Crippen molar-refractivity contribution in [1.82, 2.24) is 5.32 Å². The van der Waals surface area contributed by atoms with Crippen LogP contribution in [0.1, 0.15) is 45.4 Å². The number of aliphatic carboxylic acids is 1. The van der Waals surface area contributed by atoms with Crippen LogP contribution in [0, 0.1) is 5.92 Å². The highest BCUT2D eigenvalue weighted by Gasteiger charge is 2.40. The highest BCUT2D eigenvalue weighted by atomic mass is 16.5. The lowest BCUT2D eigenvalue weighted by Crippen LogP contribution is -2.55. The molecule has 5 nitrogen and oxygen atoms in total. The number of hydrogen-bond donors (Lipinski definition) is 2. The van der Waals surface area contributed by atoms with E-state index in [1.165, 1.54) is 0 Å². The van der Waals surface area contributed by atoms with E-state index in [4.69, 9.17) is 4.74 Å². The molecule has 1 saturated carbocycles. The van der Waals surface area contributed by atoms with Gasteiger partial charge in [0, 0.05) is 20.1 Å². The zero-order chi connectivity index (χ0) is 13.6. The van der Waals surface area contributed by atoms with Gasteiger partial charge in [-0.3, -0.25) is 4.79 Å². The van der Waals surface area contributed by atoms with Crippen LogP contribution in [0.15, 0.2) is 0 Å². The fourth-order valence-electron chi connectivity index (χ4n) is 2.53. The Bertz CT molecular complexity index is 297. The molecular weight excluding hydrogens is 234 g/mol. The van der Waals surface area contributed by atoms with Crippen molar-refractivity contribution in [3.8, 4) is 0 Å². The third-order valence-corrected chi connectivity index (χ3v) is 3.48. The van der Waals surface area contributed by atoms with Crippen LogP contribution < -0.4 is 5.32 Å². The molecule has 1 amide bonds. The molecule has 2 N–H and O–H groups in total. The average Bonchev–Trinajstić information content (AvgIpc) is 2.29. The van der Waals surface area contributed by atoms with Crippen molar-refractivity contribution in [3.63, 3.8) is 0 Å². The molecule has 0 aromatic carbocycles. The van der Waals surface area contributed by atoms with Crippen molar-refractivity contribution in [1.29, 1.82) is 0 Å². The average molecular weight is 257 g/mol. The highest BCUT2D eigenvalue weighted by molar-refractivity contribution is 5.87. The molecule has 0 aromatic heterocycles. The van der Waals surface area contributed by atoms with Crippen molar-refractivity contribution in [2.75, 3.05) is 13.7 Å². The summed E-state index contributed by atoms with van der Waals surface area (Å²) in [7, 11) is 1.59.